The molecule has 0 saturated carbocycles. The molecule has 2 aromatic rings. The van der Waals surface area contributed by atoms with Crippen molar-refractivity contribution in [3.63, 3.8) is 0 Å². The van der Waals surface area contributed by atoms with Crippen LogP contribution in [0.5, 0.6) is 5.75 Å². The predicted molar refractivity (Wildman–Crippen MR) is 107 cm³/mol. The lowest BCUT2D eigenvalue weighted by molar-refractivity contribution is 0.288. The molecule has 5 nitrogen and oxygen atoms in total. The lowest BCUT2D eigenvalue weighted by atomic mass is 10.1. The zero-order valence-electron chi connectivity index (χ0n) is 15.4. The van der Waals surface area contributed by atoms with E-state index in [0.717, 1.165) is 24.2 Å². The van der Waals surface area contributed by atoms with E-state index in [2.05, 4.69) is 47.2 Å². The minimum atomic E-state index is -3.99. The lowest BCUT2D eigenvalue weighted by Crippen LogP contribution is -2.21. The van der Waals surface area contributed by atoms with Crippen molar-refractivity contribution in [3.05, 3.63) is 59.7 Å². The van der Waals surface area contributed by atoms with Crippen molar-refractivity contribution < 1.29 is 16.8 Å². The number of hydrogen-bond acceptors (Lipinski definition) is 5. The predicted octanol–water partition coefficient (Wildman–Crippen LogP) is 4.36. The van der Waals surface area contributed by atoms with Crippen molar-refractivity contribution in [2.24, 2.45) is 0 Å². The standard InChI is InChI=1S/C20H25NO4S/c1-4-21(5-2)19-13-9-17(10-14-19)7-8-18-11-15-20(16-12-18)25-26(22,23)24-6-3/h7-16H,4-6H2,1-3H3. The van der Waals surface area contributed by atoms with Gasteiger partial charge in [-0.15, -0.1) is 0 Å². The molecule has 0 atom stereocenters. The van der Waals surface area contributed by atoms with Crippen molar-refractivity contribution in [2.75, 3.05) is 24.6 Å². The van der Waals surface area contributed by atoms with Gasteiger partial charge in [0.25, 0.3) is 0 Å². The van der Waals surface area contributed by atoms with E-state index < -0.39 is 10.4 Å². The summed E-state index contributed by atoms with van der Waals surface area (Å²) in [6.45, 7) is 7.88. The maximum atomic E-state index is 11.5. The van der Waals surface area contributed by atoms with Crippen LogP contribution in [0.3, 0.4) is 0 Å². The average Bonchev–Trinajstić information content (AvgIpc) is 2.63. The second kappa shape index (κ2) is 9.40. The monoisotopic (exact) mass is 375 g/mol. The van der Waals surface area contributed by atoms with Crippen LogP contribution in [0, 0.1) is 0 Å². The van der Waals surface area contributed by atoms with Gasteiger partial charge in [-0.2, -0.15) is 8.42 Å². The van der Waals surface area contributed by atoms with Crippen molar-refractivity contribution in [3.8, 4) is 5.75 Å². The summed E-state index contributed by atoms with van der Waals surface area (Å²) >= 11 is 0. The van der Waals surface area contributed by atoms with Crippen molar-refractivity contribution in [1.29, 1.82) is 0 Å². The van der Waals surface area contributed by atoms with Gasteiger partial charge in [0.1, 0.15) is 5.75 Å². The van der Waals surface area contributed by atoms with Gasteiger partial charge >= 0.3 is 10.4 Å². The van der Waals surface area contributed by atoms with Crippen molar-refractivity contribution in [1.82, 2.24) is 0 Å². The van der Waals surface area contributed by atoms with Crippen LogP contribution in [-0.4, -0.2) is 28.1 Å². The number of hydrogen-bond donors (Lipinski definition) is 0. The Bertz CT molecular complexity index is 808. The molecule has 0 radical (unpaired) electrons. The first-order chi connectivity index (χ1) is 12.5. The third-order valence-electron chi connectivity index (χ3n) is 3.83. The van der Waals surface area contributed by atoms with E-state index in [0.29, 0.717) is 0 Å². The summed E-state index contributed by atoms with van der Waals surface area (Å²) < 4.78 is 32.3. The highest BCUT2D eigenvalue weighted by Crippen LogP contribution is 2.19. The number of benzene rings is 2. The van der Waals surface area contributed by atoms with Gasteiger partial charge in [0, 0.05) is 18.8 Å². The van der Waals surface area contributed by atoms with Gasteiger partial charge in [0.2, 0.25) is 0 Å². The fourth-order valence-corrected chi connectivity index (χ4v) is 3.18. The summed E-state index contributed by atoms with van der Waals surface area (Å²) in [5.74, 6) is 0.221. The maximum absolute atomic E-state index is 11.5. The maximum Gasteiger partial charge on any atom is 0.449 e. The highest BCUT2D eigenvalue weighted by Gasteiger charge is 2.11. The molecule has 0 bridgehead atoms. The van der Waals surface area contributed by atoms with E-state index in [4.69, 9.17) is 4.18 Å². The minimum absolute atomic E-state index is 0.0379. The van der Waals surface area contributed by atoms with E-state index in [1.165, 1.54) is 5.69 Å². The number of nitrogens with zero attached hydrogens (tertiary/aromatic N) is 1. The Kier molecular flexibility index (Phi) is 7.24. The van der Waals surface area contributed by atoms with Crippen LogP contribution in [-0.2, 0) is 14.6 Å². The van der Waals surface area contributed by atoms with Crippen molar-refractivity contribution >= 4 is 28.2 Å². The lowest BCUT2D eigenvalue weighted by Gasteiger charge is -2.20. The van der Waals surface area contributed by atoms with Gasteiger partial charge in [-0.3, -0.25) is 0 Å². The molecule has 0 aliphatic carbocycles. The van der Waals surface area contributed by atoms with Gasteiger partial charge < -0.3 is 9.08 Å². The first kappa shape index (κ1) is 20.0. The molecule has 0 saturated heterocycles. The SMILES string of the molecule is CCOS(=O)(=O)Oc1ccc(C=Cc2ccc(N(CC)CC)cc2)cc1. The summed E-state index contributed by atoms with van der Waals surface area (Å²) in [5, 5.41) is 0. The molecule has 140 valence electrons. The Labute approximate surface area is 156 Å². The van der Waals surface area contributed by atoms with Gasteiger partial charge in [0.15, 0.2) is 0 Å². The Balaban J connectivity index is 2.02. The fourth-order valence-electron chi connectivity index (χ4n) is 2.50. The molecule has 0 aliphatic rings. The van der Waals surface area contributed by atoms with Gasteiger partial charge in [0.05, 0.1) is 6.61 Å². The van der Waals surface area contributed by atoms with Crippen LogP contribution in [0.2, 0.25) is 0 Å². The Morgan fingerprint density at radius 3 is 1.81 bits per heavy atom. The molecule has 0 fully saturated rings. The summed E-state index contributed by atoms with van der Waals surface area (Å²) in [6, 6.07) is 15.2. The van der Waals surface area contributed by atoms with Crippen LogP contribution in [0.4, 0.5) is 5.69 Å². The Morgan fingerprint density at radius 1 is 0.846 bits per heavy atom. The molecular weight excluding hydrogens is 350 g/mol. The zero-order chi connectivity index (χ0) is 19.0. The van der Waals surface area contributed by atoms with Gasteiger partial charge in [-0.1, -0.05) is 36.4 Å². The number of rotatable bonds is 9. The van der Waals surface area contributed by atoms with Crippen LogP contribution < -0.4 is 9.08 Å². The highest BCUT2D eigenvalue weighted by atomic mass is 32.3. The Morgan fingerprint density at radius 2 is 1.35 bits per heavy atom. The molecule has 0 amide bonds. The Hall–Kier alpha value is -2.31. The fraction of sp³-hybridized carbons (Fsp3) is 0.300. The van der Waals surface area contributed by atoms with Gasteiger partial charge in [-0.05, 0) is 56.2 Å². The molecule has 2 rings (SSSR count). The normalized spacial score (nSPS) is 11.7. The average molecular weight is 375 g/mol. The largest absolute Gasteiger partial charge is 0.449 e. The summed E-state index contributed by atoms with van der Waals surface area (Å²) in [7, 11) is -3.99. The third kappa shape index (κ3) is 5.89. The second-order valence-corrected chi connectivity index (χ2v) is 6.78. The third-order valence-corrected chi connectivity index (χ3v) is 4.75. The molecule has 0 aromatic heterocycles. The quantitative estimate of drug-likeness (QED) is 0.610. The van der Waals surface area contributed by atoms with E-state index in [1.54, 1.807) is 31.2 Å². The summed E-state index contributed by atoms with van der Waals surface area (Å²) in [4.78, 5) is 2.29. The molecule has 26 heavy (non-hydrogen) atoms. The first-order valence-corrected chi connectivity index (χ1v) is 10.0. The van der Waals surface area contributed by atoms with E-state index in [1.807, 2.05) is 12.2 Å². The molecular formula is C20H25NO4S. The van der Waals surface area contributed by atoms with E-state index in [9.17, 15) is 8.42 Å². The molecule has 2 aromatic carbocycles. The minimum Gasteiger partial charge on any atom is -0.372 e. The molecule has 0 heterocycles. The van der Waals surface area contributed by atoms with Gasteiger partial charge in [-0.25, -0.2) is 4.18 Å². The highest BCUT2D eigenvalue weighted by molar-refractivity contribution is 7.82. The smallest absolute Gasteiger partial charge is 0.372 e. The molecule has 0 spiro atoms. The van der Waals surface area contributed by atoms with E-state index in [-0.39, 0.29) is 12.4 Å². The topological polar surface area (TPSA) is 55.8 Å². The molecule has 6 heteroatoms. The van der Waals surface area contributed by atoms with Crippen LogP contribution in [0.1, 0.15) is 31.9 Å². The summed E-state index contributed by atoms with van der Waals surface area (Å²) in [6.07, 6.45) is 3.98. The molecule has 0 aliphatic heterocycles. The second-order valence-electron chi connectivity index (χ2n) is 5.56. The zero-order valence-corrected chi connectivity index (χ0v) is 16.2. The van der Waals surface area contributed by atoms with Crippen LogP contribution in [0.15, 0.2) is 48.5 Å². The molecule has 0 unspecified atom stereocenters. The van der Waals surface area contributed by atoms with Crippen LogP contribution >= 0.6 is 0 Å². The van der Waals surface area contributed by atoms with Crippen LogP contribution in [0.25, 0.3) is 12.2 Å². The summed E-state index contributed by atoms with van der Waals surface area (Å²) in [5.41, 5.74) is 3.25. The molecule has 0 N–H and O–H groups in total. The van der Waals surface area contributed by atoms with E-state index >= 15 is 0 Å². The van der Waals surface area contributed by atoms with Crippen molar-refractivity contribution in [2.45, 2.75) is 20.8 Å². The number of anilines is 1. The first-order valence-electron chi connectivity index (χ1n) is 8.69.